The number of carbonyl (C=O) groups is 1. The van der Waals surface area contributed by atoms with Crippen LogP contribution in [-0.2, 0) is 11.2 Å². The zero-order valence-electron chi connectivity index (χ0n) is 11.6. The number of Topliss-reactive ketones (excluding diaryl/α,β-unsaturated/α-hetero) is 1. The molecule has 1 aliphatic rings. The van der Waals surface area contributed by atoms with E-state index in [0.29, 0.717) is 18.2 Å². The van der Waals surface area contributed by atoms with Crippen molar-refractivity contribution in [1.29, 1.82) is 0 Å². The molecule has 3 heteroatoms. The summed E-state index contributed by atoms with van der Waals surface area (Å²) in [5.74, 6) is 0.469. The molecule has 0 N–H and O–H groups in total. The van der Waals surface area contributed by atoms with Crippen LogP contribution in [0.25, 0.3) is 0 Å². The Morgan fingerprint density at radius 3 is 2.83 bits per heavy atom. The topological polar surface area (TPSA) is 34.9 Å². The van der Waals surface area contributed by atoms with E-state index in [2.05, 4.69) is 22.9 Å². The third-order valence-electron chi connectivity index (χ3n) is 4.13. The van der Waals surface area contributed by atoms with Gasteiger partial charge in [-0.25, -0.2) is 0 Å². The summed E-state index contributed by atoms with van der Waals surface area (Å²) in [4.78, 5) is 11.9. The Kier molecular flexibility index (Phi) is 4.56. The lowest BCUT2D eigenvalue weighted by Crippen LogP contribution is -2.15. The molecule has 1 aromatic heterocycles. The highest BCUT2D eigenvalue weighted by Gasteiger charge is 2.17. The molecule has 0 saturated heterocycles. The fourth-order valence-electron chi connectivity index (χ4n) is 2.60. The Balaban J connectivity index is 1.95. The molecular formula is C15H24N2O. The van der Waals surface area contributed by atoms with Crippen LogP contribution in [0, 0.1) is 5.92 Å². The van der Waals surface area contributed by atoms with Crippen LogP contribution in [0.4, 0.5) is 0 Å². The summed E-state index contributed by atoms with van der Waals surface area (Å²) in [6.45, 7) is 4.06. The van der Waals surface area contributed by atoms with Gasteiger partial charge in [0, 0.05) is 12.1 Å². The number of hydrogen-bond donors (Lipinski definition) is 0. The largest absolute Gasteiger partial charge is 0.299 e. The summed E-state index contributed by atoms with van der Waals surface area (Å²) in [5.41, 5.74) is 0.936. The molecule has 3 nitrogen and oxygen atoms in total. The Morgan fingerprint density at radius 1 is 1.44 bits per heavy atom. The Hall–Kier alpha value is -1.12. The van der Waals surface area contributed by atoms with Crippen LogP contribution in [0.2, 0.25) is 0 Å². The van der Waals surface area contributed by atoms with Gasteiger partial charge in [0.1, 0.15) is 5.78 Å². The van der Waals surface area contributed by atoms with Crippen molar-refractivity contribution in [1.82, 2.24) is 9.78 Å². The maximum absolute atomic E-state index is 11.9. The molecule has 100 valence electrons. The first-order chi connectivity index (χ1) is 8.70. The fourth-order valence-corrected chi connectivity index (χ4v) is 2.60. The van der Waals surface area contributed by atoms with Crippen molar-refractivity contribution < 1.29 is 4.79 Å². The van der Waals surface area contributed by atoms with E-state index >= 15 is 0 Å². The minimum absolute atomic E-state index is 0.157. The Labute approximate surface area is 110 Å². The zero-order valence-corrected chi connectivity index (χ0v) is 11.6. The van der Waals surface area contributed by atoms with E-state index in [1.165, 1.54) is 32.1 Å². The minimum atomic E-state index is 0.157. The van der Waals surface area contributed by atoms with Gasteiger partial charge < -0.3 is 0 Å². The van der Waals surface area contributed by atoms with Crippen molar-refractivity contribution in [2.45, 2.75) is 64.8 Å². The highest BCUT2D eigenvalue weighted by Crippen LogP contribution is 2.27. The number of hydrogen-bond acceptors (Lipinski definition) is 2. The van der Waals surface area contributed by atoms with Gasteiger partial charge in [0.25, 0.3) is 0 Å². The van der Waals surface area contributed by atoms with Crippen molar-refractivity contribution in [3.8, 4) is 0 Å². The van der Waals surface area contributed by atoms with Gasteiger partial charge in [0.15, 0.2) is 0 Å². The molecule has 0 amide bonds. The highest BCUT2D eigenvalue weighted by atomic mass is 16.1. The molecule has 0 radical (unpaired) electrons. The number of carbonyl (C=O) groups excluding carboxylic acids is 1. The van der Waals surface area contributed by atoms with Gasteiger partial charge in [-0.15, -0.1) is 0 Å². The Morgan fingerprint density at radius 2 is 2.17 bits per heavy atom. The van der Waals surface area contributed by atoms with Crippen LogP contribution in [0.5, 0.6) is 0 Å². The van der Waals surface area contributed by atoms with E-state index in [1.807, 2.05) is 13.0 Å². The minimum Gasteiger partial charge on any atom is -0.299 e. The molecule has 1 heterocycles. The van der Waals surface area contributed by atoms with E-state index < -0.39 is 0 Å². The lowest BCUT2D eigenvalue weighted by Gasteiger charge is -2.21. The van der Waals surface area contributed by atoms with Crippen LogP contribution < -0.4 is 0 Å². The van der Waals surface area contributed by atoms with Crippen LogP contribution in [-0.4, -0.2) is 15.6 Å². The molecule has 1 unspecified atom stereocenters. The first-order valence-electron chi connectivity index (χ1n) is 7.27. The van der Waals surface area contributed by atoms with Gasteiger partial charge in [-0.3, -0.25) is 9.48 Å². The molecule has 0 spiro atoms. The second-order valence-electron chi connectivity index (χ2n) is 5.53. The molecule has 0 aliphatic heterocycles. The summed E-state index contributed by atoms with van der Waals surface area (Å²) in [6.07, 6.45) is 9.92. The predicted octanol–water partition coefficient (Wildman–Crippen LogP) is 3.55. The van der Waals surface area contributed by atoms with Crippen molar-refractivity contribution in [2.75, 3.05) is 0 Å². The fraction of sp³-hybridized carbons (Fsp3) is 0.733. The summed E-state index contributed by atoms with van der Waals surface area (Å²) < 4.78 is 2.08. The monoisotopic (exact) mass is 248 g/mol. The first kappa shape index (κ1) is 13.3. The molecular weight excluding hydrogens is 224 g/mol. The molecule has 0 aromatic carbocycles. The number of nitrogens with zero attached hydrogens (tertiary/aromatic N) is 2. The molecule has 18 heavy (non-hydrogen) atoms. The van der Waals surface area contributed by atoms with Gasteiger partial charge in [0.05, 0.1) is 18.2 Å². The van der Waals surface area contributed by atoms with Crippen LogP contribution in [0.15, 0.2) is 12.3 Å². The van der Waals surface area contributed by atoms with Gasteiger partial charge in [-0.2, -0.15) is 5.10 Å². The van der Waals surface area contributed by atoms with Crippen molar-refractivity contribution in [3.63, 3.8) is 0 Å². The molecule has 1 aliphatic carbocycles. The standard InChI is InChI=1S/C15H24N2O/c1-3-12(2)15(18)11-13-9-10-17(16-13)14-7-5-4-6-8-14/h9-10,12,14H,3-8,11H2,1-2H3. The van der Waals surface area contributed by atoms with E-state index in [-0.39, 0.29) is 5.92 Å². The third-order valence-corrected chi connectivity index (χ3v) is 4.13. The second-order valence-corrected chi connectivity index (χ2v) is 5.53. The van der Waals surface area contributed by atoms with Crippen molar-refractivity contribution in [3.05, 3.63) is 18.0 Å². The molecule has 1 aromatic rings. The zero-order chi connectivity index (χ0) is 13.0. The van der Waals surface area contributed by atoms with E-state index in [9.17, 15) is 4.79 Å². The maximum atomic E-state index is 11.9. The van der Waals surface area contributed by atoms with E-state index in [4.69, 9.17) is 0 Å². The highest BCUT2D eigenvalue weighted by molar-refractivity contribution is 5.82. The van der Waals surface area contributed by atoms with Crippen LogP contribution in [0.1, 0.15) is 64.1 Å². The molecule has 1 saturated carbocycles. The summed E-state index contributed by atoms with van der Waals surface area (Å²) in [6, 6.07) is 2.57. The van der Waals surface area contributed by atoms with Gasteiger partial charge in [-0.05, 0) is 25.3 Å². The maximum Gasteiger partial charge on any atom is 0.141 e. The van der Waals surface area contributed by atoms with Crippen molar-refractivity contribution >= 4 is 5.78 Å². The van der Waals surface area contributed by atoms with Gasteiger partial charge >= 0.3 is 0 Å². The normalized spacial score (nSPS) is 18.8. The quantitative estimate of drug-likeness (QED) is 0.798. The average molecular weight is 248 g/mol. The number of ketones is 1. The second kappa shape index (κ2) is 6.17. The smallest absolute Gasteiger partial charge is 0.141 e. The predicted molar refractivity (Wildman–Crippen MR) is 72.5 cm³/mol. The molecule has 1 fully saturated rings. The van der Waals surface area contributed by atoms with Gasteiger partial charge in [0.2, 0.25) is 0 Å². The lowest BCUT2D eigenvalue weighted by molar-refractivity contribution is -0.121. The number of aromatic nitrogens is 2. The van der Waals surface area contributed by atoms with Gasteiger partial charge in [-0.1, -0.05) is 33.1 Å². The molecule has 1 atom stereocenters. The average Bonchev–Trinajstić information content (AvgIpc) is 2.87. The van der Waals surface area contributed by atoms with Crippen LogP contribution in [0.3, 0.4) is 0 Å². The SMILES string of the molecule is CCC(C)C(=O)Cc1ccn(C2CCCCC2)n1. The number of rotatable bonds is 5. The molecule has 2 rings (SSSR count). The lowest BCUT2D eigenvalue weighted by atomic mass is 9.96. The first-order valence-corrected chi connectivity index (χ1v) is 7.27. The Bertz CT molecular complexity index is 391. The third kappa shape index (κ3) is 3.21. The van der Waals surface area contributed by atoms with Crippen molar-refractivity contribution in [2.24, 2.45) is 5.92 Å². The summed E-state index contributed by atoms with van der Waals surface area (Å²) in [5, 5.41) is 4.59. The van der Waals surface area contributed by atoms with E-state index in [0.717, 1.165) is 12.1 Å². The van der Waals surface area contributed by atoms with E-state index in [1.54, 1.807) is 0 Å². The molecule has 0 bridgehead atoms. The van der Waals surface area contributed by atoms with Crippen LogP contribution >= 0.6 is 0 Å². The summed E-state index contributed by atoms with van der Waals surface area (Å²) in [7, 11) is 0. The summed E-state index contributed by atoms with van der Waals surface area (Å²) >= 11 is 0.